The minimum absolute atomic E-state index is 0.206. The largest absolute Gasteiger partial charge is 0.476 e. The predicted octanol–water partition coefficient (Wildman–Crippen LogP) is 1.23. The van der Waals surface area contributed by atoms with Crippen LogP contribution in [0.3, 0.4) is 0 Å². The molecule has 20 heavy (non-hydrogen) atoms. The van der Waals surface area contributed by atoms with Crippen LogP contribution in [0.4, 0.5) is 0 Å². The first kappa shape index (κ1) is 15.0. The summed E-state index contributed by atoms with van der Waals surface area (Å²) in [6.45, 7) is 4.49. The lowest BCUT2D eigenvalue weighted by Gasteiger charge is -2.16. The number of H-pyrrole nitrogens is 1. The summed E-state index contributed by atoms with van der Waals surface area (Å²) in [5, 5.41) is 15.1. The van der Waals surface area contributed by atoms with Crippen molar-refractivity contribution in [3.8, 4) is 0 Å². The van der Waals surface area contributed by atoms with Crippen LogP contribution in [0.25, 0.3) is 0 Å². The maximum atomic E-state index is 12.6. The van der Waals surface area contributed by atoms with Crippen LogP contribution in [-0.4, -0.2) is 47.1 Å². The first-order valence-electron chi connectivity index (χ1n) is 6.66. The molecular formula is C12H19N3O4S. The van der Waals surface area contributed by atoms with Gasteiger partial charge in [0.05, 0.1) is 5.69 Å². The second kappa shape index (κ2) is 5.53. The highest BCUT2D eigenvalue weighted by molar-refractivity contribution is 7.89. The number of rotatable bonds is 5. The summed E-state index contributed by atoms with van der Waals surface area (Å²) in [5.41, 5.74) is -0.164. The number of aromatic nitrogens is 2. The second-order valence-corrected chi connectivity index (χ2v) is 7.01. The molecule has 2 rings (SSSR count). The van der Waals surface area contributed by atoms with Crippen LogP contribution in [0, 0.1) is 12.8 Å². The Balaban J connectivity index is 2.32. The Morgan fingerprint density at radius 3 is 2.85 bits per heavy atom. The first-order chi connectivity index (χ1) is 9.37. The molecule has 1 aromatic heterocycles. The number of aromatic carboxylic acids is 1. The molecule has 0 bridgehead atoms. The van der Waals surface area contributed by atoms with Gasteiger partial charge in [-0.2, -0.15) is 9.40 Å². The fourth-order valence-corrected chi connectivity index (χ4v) is 4.49. The van der Waals surface area contributed by atoms with Gasteiger partial charge >= 0.3 is 5.97 Å². The molecule has 7 nitrogen and oxygen atoms in total. The third-order valence-corrected chi connectivity index (χ3v) is 5.66. The van der Waals surface area contributed by atoms with E-state index in [4.69, 9.17) is 5.11 Å². The molecule has 0 saturated carbocycles. The molecule has 2 heterocycles. The molecule has 1 aliphatic heterocycles. The smallest absolute Gasteiger partial charge is 0.357 e. The van der Waals surface area contributed by atoms with Gasteiger partial charge in [0, 0.05) is 13.1 Å². The molecule has 1 aliphatic rings. The number of carboxylic acid groups (broad SMARTS) is 1. The zero-order chi connectivity index (χ0) is 14.9. The fraction of sp³-hybridized carbons (Fsp3) is 0.667. The van der Waals surface area contributed by atoms with Crippen LogP contribution in [0.1, 0.15) is 42.4 Å². The number of carboxylic acids is 1. The van der Waals surface area contributed by atoms with Gasteiger partial charge in [-0.15, -0.1) is 0 Å². The lowest BCUT2D eigenvalue weighted by molar-refractivity contribution is 0.0686. The molecule has 8 heteroatoms. The summed E-state index contributed by atoms with van der Waals surface area (Å²) >= 11 is 0. The quantitative estimate of drug-likeness (QED) is 0.851. The second-order valence-electron chi connectivity index (χ2n) is 5.14. The zero-order valence-corrected chi connectivity index (χ0v) is 12.4. The van der Waals surface area contributed by atoms with Crippen LogP contribution in [0.15, 0.2) is 4.90 Å². The summed E-state index contributed by atoms with van der Waals surface area (Å²) in [6.07, 6.45) is 2.83. The molecule has 1 saturated heterocycles. The van der Waals surface area contributed by atoms with Crippen molar-refractivity contribution in [2.24, 2.45) is 5.92 Å². The number of aryl methyl sites for hydroxylation is 1. The minimum Gasteiger partial charge on any atom is -0.476 e. The molecule has 1 atom stereocenters. The number of nitrogens with one attached hydrogen (secondary N) is 1. The summed E-state index contributed by atoms with van der Waals surface area (Å²) < 4.78 is 26.6. The number of carbonyl (C=O) groups is 1. The van der Waals surface area contributed by atoms with E-state index in [-0.39, 0.29) is 10.6 Å². The standard InChI is InChI=1S/C12H19N3O4S/c1-3-4-9-5-6-15(7-9)20(18,19)11-8(2)13-14-10(11)12(16)17/h9H,3-7H2,1-2H3,(H,13,14)(H,16,17). The van der Waals surface area contributed by atoms with Crippen molar-refractivity contribution < 1.29 is 18.3 Å². The molecule has 0 radical (unpaired) electrons. The normalized spacial score (nSPS) is 20.4. The SMILES string of the molecule is CCCC1CCN(S(=O)(=O)c2c(C(=O)O)n[nH]c2C)C1. The average molecular weight is 301 g/mol. The van der Waals surface area contributed by atoms with Gasteiger partial charge in [0.15, 0.2) is 5.69 Å². The van der Waals surface area contributed by atoms with E-state index in [2.05, 4.69) is 17.1 Å². The van der Waals surface area contributed by atoms with Crippen molar-refractivity contribution in [1.82, 2.24) is 14.5 Å². The van der Waals surface area contributed by atoms with Crippen LogP contribution in [0.5, 0.6) is 0 Å². The van der Waals surface area contributed by atoms with E-state index in [1.54, 1.807) is 0 Å². The third kappa shape index (κ3) is 2.57. The monoisotopic (exact) mass is 301 g/mol. The van der Waals surface area contributed by atoms with Gasteiger partial charge in [-0.05, 0) is 25.7 Å². The third-order valence-electron chi connectivity index (χ3n) is 3.64. The maximum absolute atomic E-state index is 12.6. The molecular weight excluding hydrogens is 282 g/mol. The summed E-state index contributed by atoms with van der Waals surface area (Å²) in [7, 11) is -3.79. The highest BCUT2D eigenvalue weighted by Crippen LogP contribution is 2.29. The predicted molar refractivity (Wildman–Crippen MR) is 72.1 cm³/mol. The Bertz CT molecular complexity index is 608. The molecule has 0 amide bonds. The number of sulfonamides is 1. The highest BCUT2D eigenvalue weighted by Gasteiger charge is 2.37. The summed E-state index contributed by atoms with van der Waals surface area (Å²) in [5.74, 6) is -0.979. The van der Waals surface area contributed by atoms with Gasteiger partial charge in [0.25, 0.3) is 0 Å². The minimum atomic E-state index is -3.79. The van der Waals surface area contributed by atoms with Gasteiger partial charge in [-0.25, -0.2) is 13.2 Å². The van der Waals surface area contributed by atoms with Crippen molar-refractivity contribution in [3.05, 3.63) is 11.4 Å². The van der Waals surface area contributed by atoms with E-state index in [0.717, 1.165) is 19.3 Å². The Hall–Kier alpha value is -1.41. The van der Waals surface area contributed by atoms with Crippen molar-refractivity contribution in [1.29, 1.82) is 0 Å². The van der Waals surface area contributed by atoms with Gasteiger partial charge in [-0.3, -0.25) is 5.10 Å². The molecule has 2 N–H and O–H groups in total. The Morgan fingerprint density at radius 2 is 2.25 bits per heavy atom. The Labute approximate surface area is 118 Å². The number of nitrogens with zero attached hydrogens (tertiary/aromatic N) is 2. The molecule has 0 spiro atoms. The van der Waals surface area contributed by atoms with Crippen LogP contribution in [0.2, 0.25) is 0 Å². The topological polar surface area (TPSA) is 103 Å². The molecule has 1 unspecified atom stereocenters. The zero-order valence-electron chi connectivity index (χ0n) is 11.6. The lowest BCUT2D eigenvalue weighted by Crippen LogP contribution is -2.30. The molecule has 1 aromatic rings. The molecule has 1 fully saturated rings. The van der Waals surface area contributed by atoms with Gasteiger partial charge in [-0.1, -0.05) is 13.3 Å². The maximum Gasteiger partial charge on any atom is 0.357 e. The summed E-state index contributed by atoms with van der Waals surface area (Å²) in [4.78, 5) is 10.9. The fourth-order valence-electron chi connectivity index (χ4n) is 2.67. The molecule has 0 aromatic carbocycles. The van der Waals surface area contributed by atoms with Crippen LogP contribution in [-0.2, 0) is 10.0 Å². The Kier molecular flexibility index (Phi) is 4.14. The number of aromatic amines is 1. The van der Waals surface area contributed by atoms with Gasteiger partial charge < -0.3 is 5.11 Å². The van der Waals surface area contributed by atoms with E-state index in [9.17, 15) is 13.2 Å². The van der Waals surface area contributed by atoms with Crippen molar-refractivity contribution in [2.45, 2.75) is 38.0 Å². The van der Waals surface area contributed by atoms with Crippen LogP contribution < -0.4 is 0 Å². The summed E-state index contributed by atoms with van der Waals surface area (Å²) in [6, 6.07) is 0. The molecule has 112 valence electrons. The van der Waals surface area contributed by atoms with E-state index in [0.29, 0.717) is 19.0 Å². The number of hydrogen-bond donors (Lipinski definition) is 2. The highest BCUT2D eigenvalue weighted by atomic mass is 32.2. The van der Waals surface area contributed by atoms with E-state index in [1.807, 2.05) is 0 Å². The van der Waals surface area contributed by atoms with Crippen molar-refractivity contribution in [3.63, 3.8) is 0 Å². The van der Waals surface area contributed by atoms with Crippen molar-refractivity contribution in [2.75, 3.05) is 13.1 Å². The number of hydrogen-bond acceptors (Lipinski definition) is 4. The van der Waals surface area contributed by atoms with E-state index in [1.165, 1.54) is 11.2 Å². The first-order valence-corrected chi connectivity index (χ1v) is 8.10. The average Bonchev–Trinajstić information content (AvgIpc) is 2.96. The Morgan fingerprint density at radius 1 is 1.55 bits per heavy atom. The van der Waals surface area contributed by atoms with Crippen molar-refractivity contribution >= 4 is 16.0 Å². The van der Waals surface area contributed by atoms with Crippen LogP contribution >= 0.6 is 0 Å². The van der Waals surface area contributed by atoms with Gasteiger partial charge in [0.1, 0.15) is 4.90 Å². The van der Waals surface area contributed by atoms with Gasteiger partial charge in [0.2, 0.25) is 10.0 Å². The lowest BCUT2D eigenvalue weighted by atomic mass is 10.0. The molecule has 0 aliphatic carbocycles. The van der Waals surface area contributed by atoms with E-state index >= 15 is 0 Å². The van der Waals surface area contributed by atoms with E-state index < -0.39 is 21.7 Å².